The normalized spacial score (nSPS) is 10.4. The van der Waals surface area contributed by atoms with Crippen LogP contribution >= 0.6 is 43.5 Å². The lowest BCUT2D eigenvalue weighted by atomic mass is 10.2. The largest absolute Gasteiger partial charge is 0.456 e. The third-order valence-electron chi connectivity index (χ3n) is 2.31. The maximum absolute atomic E-state index is 9.26. The van der Waals surface area contributed by atoms with Crippen LogP contribution in [0.3, 0.4) is 0 Å². The molecule has 0 radical (unpaired) electrons. The van der Waals surface area contributed by atoms with Gasteiger partial charge in [0, 0.05) is 15.1 Å². The molecule has 2 nitrogen and oxygen atoms in total. The van der Waals surface area contributed by atoms with E-state index in [1.165, 1.54) is 0 Å². The number of benzene rings is 2. The molecule has 0 heterocycles. The first-order valence-electron chi connectivity index (χ1n) is 5.12. The van der Waals surface area contributed by atoms with E-state index in [4.69, 9.17) is 16.3 Å². The van der Waals surface area contributed by atoms with Crippen molar-refractivity contribution in [2.75, 3.05) is 0 Å². The molecule has 0 aliphatic heterocycles. The fourth-order valence-electron chi connectivity index (χ4n) is 1.43. The highest BCUT2D eigenvalue weighted by Crippen LogP contribution is 2.34. The Kier molecular flexibility index (Phi) is 4.67. The number of aliphatic hydroxyl groups is 1. The van der Waals surface area contributed by atoms with Crippen LogP contribution in [0.25, 0.3) is 0 Å². The third kappa shape index (κ3) is 3.26. The minimum atomic E-state index is -0.0966. The van der Waals surface area contributed by atoms with Gasteiger partial charge in [-0.05, 0) is 46.3 Å². The van der Waals surface area contributed by atoms with Gasteiger partial charge in [0.05, 0.1) is 11.1 Å². The van der Waals surface area contributed by atoms with Gasteiger partial charge in [-0.25, -0.2) is 0 Å². The molecule has 2 aromatic carbocycles. The molecule has 18 heavy (non-hydrogen) atoms. The van der Waals surface area contributed by atoms with Gasteiger partial charge in [0.15, 0.2) is 0 Å². The van der Waals surface area contributed by atoms with Crippen molar-refractivity contribution in [1.82, 2.24) is 0 Å². The molecule has 0 saturated heterocycles. The van der Waals surface area contributed by atoms with E-state index < -0.39 is 0 Å². The van der Waals surface area contributed by atoms with Gasteiger partial charge in [-0.15, -0.1) is 0 Å². The molecule has 2 aromatic rings. The maximum atomic E-state index is 9.26. The summed E-state index contributed by atoms with van der Waals surface area (Å²) in [5.74, 6) is 1.21. The van der Waals surface area contributed by atoms with Crippen LogP contribution in [0.5, 0.6) is 11.5 Å². The summed E-state index contributed by atoms with van der Waals surface area (Å²) in [6.07, 6.45) is 0. The van der Waals surface area contributed by atoms with Crippen molar-refractivity contribution in [3.05, 3.63) is 55.9 Å². The quantitative estimate of drug-likeness (QED) is 0.783. The zero-order valence-electron chi connectivity index (χ0n) is 9.16. The fourth-order valence-corrected chi connectivity index (χ4v) is 2.72. The highest BCUT2D eigenvalue weighted by molar-refractivity contribution is 9.11. The molecule has 0 saturated carbocycles. The Morgan fingerprint density at radius 1 is 1.06 bits per heavy atom. The van der Waals surface area contributed by atoms with E-state index in [0.29, 0.717) is 22.1 Å². The van der Waals surface area contributed by atoms with Crippen LogP contribution in [0.2, 0.25) is 5.02 Å². The number of halogens is 3. The summed E-state index contributed by atoms with van der Waals surface area (Å²) in [4.78, 5) is 0. The Morgan fingerprint density at radius 2 is 1.83 bits per heavy atom. The maximum Gasteiger partial charge on any atom is 0.141 e. The van der Waals surface area contributed by atoms with Gasteiger partial charge >= 0.3 is 0 Å². The average molecular weight is 392 g/mol. The Morgan fingerprint density at radius 3 is 2.50 bits per heavy atom. The Hall–Kier alpha value is -0.550. The monoisotopic (exact) mass is 390 g/mol. The van der Waals surface area contributed by atoms with Gasteiger partial charge in [-0.3, -0.25) is 0 Å². The van der Waals surface area contributed by atoms with E-state index in [-0.39, 0.29) is 6.61 Å². The first-order valence-corrected chi connectivity index (χ1v) is 7.09. The summed E-state index contributed by atoms with van der Waals surface area (Å²) >= 11 is 12.7. The highest BCUT2D eigenvalue weighted by atomic mass is 79.9. The van der Waals surface area contributed by atoms with Crippen molar-refractivity contribution in [1.29, 1.82) is 0 Å². The minimum Gasteiger partial charge on any atom is -0.456 e. The lowest BCUT2D eigenvalue weighted by Gasteiger charge is -2.11. The van der Waals surface area contributed by atoms with E-state index >= 15 is 0 Å². The lowest BCUT2D eigenvalue weighted by molar-refractivity contribution is 0.276. The zero-order chi connectivity index (χ0) is 13.1. The predicted molar refractivity (Wildman–Crippen MR) is 79.3 cm³/mol. The van der Waals surface area contributed by atoms with Gasteiger partial charge in [-0.1, -0.05) is 33.6 Å². The van der Waals surface area contributed by atoms with Crippen molar-refractivity contribution in [3.8, 4) is 11.5 Å². The number of hydrogen-bond acceptors (Lipinski definition) is 2. The van der Waals surface area contributed by atoms with Gasteiger partial charge < -0.3 is 9.84 Å². The Bertz CT molecular complexity index is 573. The van der Waals surface area contributed by atoms with Crippen LogP contribution in [-0.2, 0) is 6.61 Å². The molecule has 0 bridgehead atoms. The summed E-state index contributed by atoms with van der Waals surface area (Å²) in [5, 5.41) is 9.82. The van der Waals surface area contributed by atoms with Crippen LogP contribution in [0.4, 0.5) is 0 Å². The van der Waals surface area contributed by atoms with Crippen molar-refractivity contribution in [2.45, 2.75) is 6.61 Å². The summed E-state index contributed by atoms with van der Waals surface area (Å²) in [6, 6.07) is 10.7. The van der Waals surface area contributed by atoms with Crippen LogP contribution < -0.4 is 4.74 Å². The minimum absolute atomic E-state index is 0.0966. The van der Waals surface area contributed by atoms with Gasteiger partial charge in [0.25, 0.3) is 0 Å². The Labute approximate surface area is 127 Å². The number of ether oxygens (including phenoxy) is 1. The molecule has 0 atom stereocenters. The molecule has 5 heteroatoms. The van der Waals surface area contributed by atoms with E-state index in [1.54, 1.807) is 18.2 Å². The molecule has 0 fully saturated rings. The standard InChI is InChI=1S/C13H9Br2ClO2/c14-9-2-4-12(11(15)5-9)18-13-6-10(16)3-1-8(13)7-17/h1-6,17H,7H2. The van der Waals surface area contributed by atoms with Crippen molar-refractivity contribution in [3.63, 3.8) is 0 Å². The first-order chi connectivity index (χ1) is 8.60. The lowest BCUT2D eigenvalue weighted by Crippen LogP contribution is -1.92. The molecule has 0 unspecified atom stereocenters. The summed E-state index contributed by atoms with van der Waals surface area (Å²) in [7, 11) is 0. The molecule has 1 N–H and O–H groups in total. The number of aliphatic hydroxyl groups excluding tert-OH is 1. The number of rotatable bonds is 3. The molecule has 0 aliphatic rings. The van der Waals surface area contributed by atoms with Gasteiger partial charge in [-0.2, -0.15) is 0 Å². The smallest absolute Gasteiger partial charge is 0.141 e. The molecule has 0 aliphatic carbocycles. The molecular weight excluding hydrogens is 383 g/mol. The SMILES string of the molecule is OCc1ccc(Cl)cc1Oc1ccc(Br)cc1Br. The second kappa shape index (κ2) is 6.06. The second-order valence-corrected chi connectivity index (χ2v) is 5.79. The first kappa shape index (κ1) is 13.9. The third-order valence-corrected chi connectivity index (χ3v) is 3.66. The van der Waals surface area contributed by atoms with Crippen molar-refractivity contribution >= 4 is 43.5 Å². The van der Waals surface area contributed by atoms with E-state index in [9.17, 15) is 5.11 Å². The molecule has 0 amide bonds. The van der Waals surface area contributed by atoms with Gasteiger partial charge in [0.1, 0.15) is 11.5 Å². The molecule has 94 valence electrons. The van der Waals surface area contributed by atoms with Crippen LogP contribution in [0.1, 0.15) is 5.56 Å². The van der Waals surface area contributed by atoms with E-state index in [0.717, 1.165) is 8.95 Å². The van der Waals surface area contributed by atoms with E-state index in [2.05, 4.69) is 31.9 Å². The van der Waals surface area contributed by atoms with E-state index in [1.807, 2.05) is 18.2 Å². The summed E-state index contributed by atoms with van der Waals surface area (Å²) < 4.78 is 7.53. The topological polar surface area (TPSA) is 29.5 Å². The average Bonchev–Trinajstić information content (AvgIpc) is 2.33. The van der Waals surface area contributed by atoms with Crippen LogP contribution in [0, 0.1) is 0 Å². The summed E-state index contributed by atoms with van der Waals surface area (Å²) in [6.45, 7) is -0.0966. The predicted octanol–water partition coefficient (Wildman–Crippen LogP) is 5.15. The van der Waals surface area contributed by atoms with Crippen molar-refractivity contribution < 1.29 is 9.84 Å². The summed E-state index contributed by atoms with van der Waals surface area (Å²) in [5.41, 5.74) is 0.689. The second-order valence-electron chi connectivity index (χ2n) is 3.59. The molecular formula is C13H9Br2ClO2. The Balaban J connectivity index is 2.36. The zero-order valence-corrected chi connectivity index (χ0v) is 13.1. The highest BCUT2D eigenvalue weighted by Gasteiger charge is 2.08. The van der Waals surface area contributed by atoms with Crippen LogP contribution in [0.15, 0.2) is 45.3 Å². The van der Waals surface area contributed by atoms with Crippen LogP contribution in [-0.4, -0.2) is 5.11 Å². The van der Waals surface area contributed by atoms with Gasteiger partial charge in [0.2, 0.25) is 0 Å². The fraction of sp³-hybridized carbons (Fsp3) is 0.0769. The van der Waals surface area contributed by atoms with Crippen molar-refractivity contribution in [2.24, 2.45) is 0 Å². The molecule has 0 aromatic heterocycles. The molecule has 0 spiro atoms. The molecule has 2 rings (SSSR count). The number of hydrogen-bond donors (Lipinski definition) is 1.